The van der Waals surface area contributed by atoms with Crippen LogP contribution in [0.4, 0.5) is 0 Å². The first kappa shape index (κ1) is 22.4. The van der Waals surface area contributed by atoms with Gasteiger partial charge in [-0.15, -0.1) is 0 Å². The first-order chi connectivity index (χ1) is 15.9. The SMILES string of the molecule is COc1ccc(C(=O)NCC2Cc3cc(-c4nc(C)cnc4C)ccc3O2)c(OC)c1OC. The van der Waals surface area contributed by atoms with E-state index in [0.717, 1.165) is 34.0 Å². The molecule has 33 heavy (non-hydrogen) atoms. The van der Waals surface area contributed by atoms with Crippen LogP contribution >= 0.6 is 0 Å². The van der Waals surface area contributed by atoms with Gasteiger partial charge in [0.1, 0.15) is 11.9 Å². The fourth-order valence-electron chi connectivity index (χ4n) is 3.97. The zero-order valence-corrected chi connectivity index (χ0v) is 19.4. The van der Waals surface area contributed by atoms with Crippen LogP contribution in [-0.2, 0) is 6.42 Å². The van der Waals surface area contributed by atoms with E-state index in [-0.39, 0.29) is 12.0 Å². The fraction of sp³-hybridized carbons (Fsp3) is 0.320. The summed E-state index contributed by atoms with van der Waals surface area (Å²) in [5.74, 6) is 1.73. The molecule has 8 nitrogen and oxygen atoms in total. The fourth-order valence-corrected chi connectivity index (χ4v) is 3.97. The summed E-state index contributed by atoms with van der Waals surface area (Å²) in [6.45, 7) is 4.23. The van der Waals surface area contributed by atoms with Gasteiger partial charge in [-0.05, 0) is 49.7 Å². The number of benzene rings is 2. The van der Waals surface area contributed by atoms with E-state index in [4.69, 9.17) is 18.9 Å². The zero-order chi connectivity index (χ0) is 23.5. The lowest BCUT2D eigenvalue weighted by molar-refractivity contribution is 0.0929. The molecule has 1 aliphatic heterocycles. The van der Waals surface area contributed by atoms with Crippen molar-refractivity contribution in [1.82, 2.24) is 15.3 Å². The van der Waals surface area contributed by atoms with Gasteiger partial charge in [0.25, 0.3) is 5.91 Å². The minimum atomic E-state index is -0.279. The van der Waals surface area contributed by atoms with Gasteiger partial charge in [0, 0.05) is 18.2 Å². The van der Waals surface area contributed by atoms with E-state index < -0.39 is 0 Å². The van der Waals surface area contributed by atoms with E-state index >= 15 is 0 Å². The van der Waals surface area contributed by atoms with Crippen molar-refractivity contribution in [2.45, 2.75) is 26.4 Å². The number of nitrogens with one attached hydrogen (secondary N) is 1. The molecule has 1 atom stereocenters. The van der Waals surface area contributed by atoms with E-state index in [1.165, 1.54) is 21.3 Å². The van der Waals surface area contributed by atoms with Crippen LogP contribution < -0.4 is 24.3 Å². The molecule has 2 aromatic carbocycles. The largest absolute Gasteiger partial charge is 0.493 e. The van der Waals surface area contributed by atoms with Crippen LogP contribution in [0.15, 0.2) is 36.5 Å². The molecule has 8 heteroatoms. The zero-order valence-electron chi connectivity index (χ0n) is 19.4. The normalized spacial score (nSPS) is 14.3. The van der Waals surface area contributed by atoms with E-state index in [2.05, 4.69) is 21.4 Å². The van der Waals surface area contributed by atoms with Crippen LogP contribution in [0.3, 0.4) is 0 Å². The summed E-state index contributed by atoms with van der Waals surface area (Å²) in [6, 6.07) is 9.36. The van der Waals surface area contributed by atoms with Crippen molar-refractivity contribution >= 4 is 5.91 Å². The maximum Gasteiger partial charge on any atom is 0.255 e. The molecule has 1 aromatic heterocycles. The number of fused-ring (bicyclic) bond motifs is 1. The molecule has 0 aliphatic carbocycles. The summed E-state index contributed by atoms with van der Waals surface area (Å²) in [7, 11) is 4.52. The second-order valence-electron chi connectivity index (χ2n) is 7.80. The lowest BCUT2D eigenvalue weighted by atomic mass is 10.0. The van der Waals surface area contributed by atoms with Gasteiger partial charge < -0.3 is 24.3 Å². The average Bonchev–Trinajstić information content (AvgIpc) is 3.25. The molecule has 0 saturated heterocycles. The first-order valence-electron chi connectivity index (χ1n) is 10.6. The smallest absolute Gasteiger partial charge is 0.255 e. The lowest BCUT2D eigenvalue weighted by Crippen LogP contribution is -2.34. The minimum absolute atomic E-state index is 0.171. The van der Waals surface area contributed by atoms with Crippen molar-refractivity contribution in [2.75, 3.05) is 27.9 Å². The van der Waals surface area contributed by atoms with Crippen molar-refractivity contribution in [3.8, 4) is 34.3 Å². The summed E-state index contributed by atoms with van der Waals surface area (Å²) >= 11 is 0. The number of hydrogen-bond donors (Lipinski definition) is 1. The summed E-state index contributed by atoms with van der Waals surface area (Å²) in [5.41, 5.74) is 5.08. The summed E-state index contributed by atoms with van der Waals surface area (Å²) in [4.78, 5) is 21.9. The molecule has 1 amide bonds. The molecular weight excluding hydrogens is 422 g/mol. The first-order valence-corrected chi connectivity index (χ1v) is 10.6. The second kappa shape index (κ2) is 9.36. The average molecular weight is 450 g/mol. The minimum Gasteiger partial charge on any atom is -0.493 e. The van der Waals surface area contributed by atoms with Crippen LogP contribution in [0.25, 0.3) is 11.3 Å². The van der Waals surface area contributed by atoms with Gasteiger partial charge in [-0.25, -0.2) is 4.98 Å². The van der Waals surface area contributed by atoms with Gasteiger partial charge in [-0.3, -0.25) is 9.78 Å². The molecule has 1 N–H and O–H groups in total. The quantitative estimate of drug-likeness (QED) is 0.590. The van der Waals surface area contributed by atoms with E-state index in [1.54, 1.807) is 18.3 Å². The van der Waals surface area contributed by atoms with E-state index in [0.29, 0.717) is 35.8 Å². The Hall–Kier alpha value is -3.81. The Kier molecular flexibility index (Phi) is 6.35. The molecule has 0 radical (unpaired) electrons. The van der Waals surface area contributed by atoms with Crippen LogP contribution in [-0.4, -0.2) is 49.9 Å². The number of ether oxygens (including phenoxy) is 4. The second-order valence-corrected chi connectivity index (χ2v) is 7.80. The Bertz CT molecular complexity index is 1190. The summed E-state index contributed by atoms with van der Waals surface area (Å²) < 4.78 is 22.1. The Morgan fingerprint density at radius 2 is 1.88 bits per heavy atom. The van der Waals surface area contributed by atoms with Crippen LogP contribution in [0, 0.1) is 13.8 Å². The number of rotatable bonds is 7. The van der Waals surface area contributed by atoms with Crippen molar-refractivity contribution in [3.63, 3.8) is 0 Å². The molecule has 0 saturated carbocycles. The highest BCUT2D eigenvalue weighted by molar-refractivity contribution is 5.98. The molecule has 0 bridgehead atoms. The van der Waals surface area contributed by atoms with Crippen LogP contribution in [0.1, 0.15) is 27.3 Å². The molecule has 1 unspecified atom stereocenters. The molecule has 1 aliphatic rings. The third kappa shape index (κ3) is 4.41. The lowest BCUT2D eigenvalue weighted by Gasteiger charge is -2.16. The predicted molar refractivity (Wildman–Crippen MR) is 123 cm³/mol. The Morgan fingerprint density at radius 3 is 2.61 bits per heavy atom. The third-order valence-corrected chi connectivity index (χ3v) is 5.59. The molecule has 0 spiro atoms. The number of carbonyl (C=O) groups is 1. The van der Waals surface area contributed by atoms with E-state index in [9.17, 15) is 4.79 Å². The summed E-state index contributed by atoms with van der Waals surface area (Å²) in [5, 5.41) is 2.94. The number of carbonyl (C=O) groups excluding carboxylic acids is 1. The number of methoxy groups -OCH3 is 3. The topological polar surface area (TPSA) is 91.8 Å². The highest BCUT2D eigenvalue weighted by Gasteiger charge is 2.26. The van der Waals surface area contributed by atoms with Gasteiger partial charge in [0.05, 0.1) is 50.5 Å². The van der Waals surface area contributed by atoms with Gasteiger partial charge in [-0.2, -0.15) is 0 Å². The molecule has 3 aromatic rings. The molecule has 4 rings (SSSR count). The number of aromatic nitrogens is 2. The molecule has 172 valence electrons. The van der Waals surface area contributed by atoms with Crippen LogP contribution in [0.5, 0.6) is 23.0 Å². The number of aryl methyl sites for hydroxylation is 2. The Balaban J connectivity index is 1.46. The molecule has 2 heterocycles. The molecule has 0 fully saturated rings. The maximum atomic E-state index is 12.9. The molecular formula is C25H27N3O5. The third-order valence-electron chi connectivity index (χ3n) is 5.59. The van der Waals surface area contributed by atoms with Gasteiger partial charge >= 0.3 is 0 Å². The van der Waals surface area contributed by atoms with Crippen molar-refractivity contribution in [1.29, 1.82) is 0 Å². The Morgan fingerprint density at radius 1 is 1.09 bits per heavy atom. The van der Waals surface area contributed by atoms with Gasteiger partial charge in [0.2, 0.25) is 5.75 Å². The Labute approximate surface area is 192 Å². The van der Waals surface area contributed by atoms with Crippen LogP contribution in [0.2, 0.25) is 0 Å². The van der Waals surface area contributed by atoms with Gasteiger partial charge in [0.15, 0.2) is 11.5 Å². The highest BCUT2D eigenvalue weighted by Crippen LogP contribution is 2.39. The standard InChI is InChI=1S/C25H27N3O5/c1-14-12-26-15(2)22(28-14)16-6-8-20-17(10-16)11-18(33-20)13-27-25(29)19-7-9-21(30-3)24(32-5)23(19)31-4/h6-10,12,18H,11,13H2,1-5H3,(H,27,29). The monoisotopic (exact) mass is 449 g/mol. The van der Waals surface area contributed by atoms with Crippen molar-refractivity contribution in [3.05, 3.63) is 59.0 Å². The highest BCUT2D eigenvalue weighted by atomic mass is 16.5. The maximum absolute atomic E-state index is 12.9. The summed E-state index contributed by atoms with van der Waals surface area (Å²) in [6.07, 6.45) is 2.28. The van der Waals surface area contributed by atoms with Gasteiger partial charge in [-0.1, -0.05) is 0 Å². The van der Waals surface area contributed by atoms with Crippen molar-refractivity contribution < 1.29 is 23.7 Å². The number of amides is 1. The number of hydrogen-bond acceptors (Lipinski definition) is 7. The number of nitrogens with zero attached hydrogens (tertiary/aromatic N) is 2. The van der Waals surface area contributed by atoms with E-state index in [1.807, 2.05) is 26.0 Å². The predicted octanol–water partition coefficient (Wildman–Crippen LogP) is 3.52. The van der Waals surface area contributed by atoms with Crippen molar-refractivity contribution in [2.24, 2.45) is 0 Å².